The molecular weight excluding hydrogens is 416 g/mol. The number of hydrogen-bond donors (Lipinski definition) is 2. The molecule has 0 bridgehead atoms. The van der Waals surface area contributed by atoms with Crippen molar-refractivity contribution in [3.8, 4) is 11.1 Å². The molecule has 0 spiro atoms. The van der Waals surface area contributed by atoms with Gasteiger partial charge in [0.2, 0.25) is 5.95 Å². The Labute approximate surface area is 192 Å². The molecule has 1 saturated heterocycles. The van der Waals surface area contributed by atoms with Crippen LogP contribution in [0.4, 0.5) is 11.8 Å². The quantitative estimate of drug-likeness (QED) is 0.455. The summed E-state index contributed by atoms with van der Waals surface area (Å²) in [5.41, 5.74) is 14.7. The molecule has 2 aliphatic rings. The Bertz CT molecular complexity index is 1160. The summed E-state index contributed by atoms with van der Waals surface area (Å²) in [6, 6.07) is 8.06. The van der Waals surface area contributed by atoms with E-state index in [1.54, 1.807) is 18.6 Å². The summed E-state index contributed by atoms with van der Waals surface area (Å²) >= 11 is 0. The molecule has 2 aromatic heterocycles. The van der Waals surface area contributed by atoms with Crippen molar-refractivity contribution in [2.24, 2.45) is 10.7 Å². The molecule has 9 nitrogen and oxygen atoms in total. The van der Waals surface area contributed by atoms with Crippen LogP contribution in [0.3, 0.4) is 0 Å². The molecule has 1 aromatic carbocycles. The van der Waals surface area contributed by atoms with Crippen molar-refractivity contribution < 1.29 is 4.79 Å². The van der Waals surface area contributed by atoms with Crippen molar-refractivity contribution in [1.82, 2.24) is 19.9 Å². The Morgan fingerprint density at radius 3 is 2.15 bits per heavy atom. The highest BCUT2D eigenvalue weighted by atomic mass is 16.1. The van der Waals surface area contributed by atoms with Gasteiger partial charge in [0.25, 0.3) is 5.91 Å². The van der Waals surface area contributed by atoms with Gasteiger partial charge in [-0.05, 0) is 36.8 Å². The van der Waals surface area contributed by atoms with Crippen LogP contribution in [0.2, 0.25) is 0 Å². The zero-order chi connectivity index (χ0) is 22.8. The number of anilines is 2. The van der Waals surface area contributed by atoms with Gasteiger partial charge < -0.3 is 16.4 Å². The first-order chi connectivity index (χ1) is 16.0. The second-order valence-electron chi connectivity index (χ2n) is 8.60. The highest BCUT2D eigenvalue weighted by Gasteiger charge is 2.43. The number of carbonyl (C=O) groups excluding carboxylic acids is 1. The van der Waals surface area contributed by atoms with Crippen LogP contribution in [0.25, 0.3) is 11.1 Å². The number of carbonyl (C=O) groups is 1. The van der Waals surface area contributed by atoms with E-state index in [9.17, 15) is 4.79 Å². The fourth-order valence-corrected chi connectivity index (χ4v) is 4.51. The van der Waals surface area contributed by atoms with Crippen LogP contribution < -0.4 is 16.4 Å². The second kappa shape index (κ2) is 8.57. The van der Waals surface area contributed by atoms with Crippen LogP contribution >= 0.6 is 0 Å². The fraction of sp³-hybridized carbons (Fsp3) is 0.333. The molecule has 3 aromatic rings. The standard InChI is InChI=1S/C24H26N8O/c25-22(31-21(33)19-14-28-20(15-27-19)32-10-1-2-11-32)24(8-3-9-24)18-6-4-16(5-7-18)17-12-29-23(26)30-13-17/h4-7,12-15H,1-3,8-11H2,(H2,25,31,33)(H2,26,29,30). The zero-order valence-corrected chi connectivity index (χ0v) is 18.3. The molecule has 1 saturated carbocycles. The number of nitrogens with two attached hydrogens (primary N) is 2. The number of hydrogen-bond acceptors (Lipinski definition) is 7. The third-order valence-electron chi connectivity index (χ3n) is 6.65. The number of nitrogen functional groups attached to an aromatic ring is 1. The Hall–Kier alpha value is -3.88. The Morgan fingerprint density at radius 2 is 1.58 bits per heavy atom. The molecule has 1 aliphatic carbocycles. The normalized spacial score (nSPS) is 17.6. The molecule has 0 unspecified atom stereocenters. The molecule has 4 N–H and O–H groups in total. The van der Waals surface area contributed by atoms with E-state index in [0.29, 0.717) is 5.84 Å². The van der Waals surface area contributed by atoms with Gasteiger partial charge in [-0.25, -0.2) is 19.9 Å². The van der Waals surface area contributed by atoms with Crippen LogP contribution in [-0.2, 0) is 5.41 Å². The van der Waals surface area contributed by atoms with Gasteiger partial charge >= 0.3 is 0 Å². The van der Waals surface area contributed by atoms with Crippen LogP contribution in [0.1, 0.15) is 48.2 Å². The second-order valence-corrected chi connectivity index (χ2v) is 8.60. The number of amides is 1. The Kier molecular flexibility index (Phi) is 5.45. The number of nitrogens with zero attached hydrogens (tertiary/aromatic N) is 6. The van der Waals surface area contributed by atoms with E-state index >= 15 is 0 Å². The third-order valence-corrected chi connectivity index (χ3v) is 6.65. The smallest absolute Gasteiger partial charge is 0.298 e. The number of rotatable bonds is 5. The van der Waals surface area contributed by atoms with E-state index in [1.165, 1.54) is 6.20 Å². The largest absolute Gasteiger partial charge is 0.386 e. The lowest BCUT2D eigenvalue weighted by Crippen LogP contribution is -2.47. The van der Waals surface area contributed by atoms with Crippen LogP contribution in [-0.4, -0.2) is 44.8 Å². The Morgan fingerprint density at radius 1 is 0.879 bits per heavy atom. The molecule has 0 atom stereocenters. The highest BCUT2D eigenvalue weighted by molar-refractivity contribution is 6.05. The lowest BCUT2D eigenvalue weighted by molar-refractivity contribution is 0.0996. The van der Waals surface area contributed by atoms with E-state index in [1.807, 2.05) is 24.3 Å². The average molecular weight is 443 g/mol. The van der Waals surface area contributed by atoms with E-state index in [-0.39, 0.29) is 11.6 Å². The lowest BCUT2D eigenvalue weighted by atomic mass is 9.63. The van der Waals surface area contributed by atoms with Crippen molar-refractivity contribution >= 4 is 23.5 Å². The molecule has 1 aliphatic heterocycles. The van der Waals surface area contributed by atoms with E-state index in [0.717, 1.165) is 67.7 Å². The van der Waals surface area contributed by atoms with Gasteiger partial charge in [-0.2, -0.15) is 4.99 Å². The Balaban J connectivity index is 1.35. The third kappa shape index (κ3) is 4.02. The summed E-state index contributed by atoms with van der Waals surface area (Å²) in [4.78, 5) is 36.0. The molecule has 9 heteroatoms. The summed E-state index contributed by atoms with van der Waals surface area (Å²) in [7, 11) is 0. The first-order valence-corrected chi connectivity index (χ1v) is 11.2. The van der Waals surface area contributed by atoms with Gasteiger partial charge in [0.05, 0.1) is 17.8 Å². The van der Waals surface area contributed by atoms with E-state index in [2.05, 4.69) is 29.8 Å². The summed E-state index contributed by atoms with van der Waals surface area (Å²) in [6.07, 6.45) is 11.6. The number of aliphatic imine (C=N–C) groups is 1. The maximum atomic E-state index is 12.8. The monoisotopic (exact) mass is 442 g/mol. The lowest BCUT2D eigenvalue weighted by Gasteiger charge is -2.41. The number of benzene rings is 1. The minimum atomic E-state index is -0.463. The van der Waals surface area contributed by atoms with Crippen LogP contribution in [0, 0.1) is 0 Å². The summed E-state index contributed by atoms with van der Waals surface area (Å²) in [5, 5.41) is 0. The molecule has 168 valence electrons. The predicted octanol–water partition coefficient (Wildman–Crippen LogP) is 2.74. The number of aromatic nitrogens is 4. The minimum absolute atomic E-state index is 0.203. The zero-order valence-electron chi connectivity index (χ0n) is 18.3. The van der Waals surface area contributed by atoms with Crippen LogP contribution in [0.5, 0.6) is 0 Å². The molecule has 0 radical (unpaired) electrons. The molecule has 3 heterocycles. The molecule has 5 rings (SSSR count). The average Bonchev–Trinajstić information content (AvgIpc) is 3.34. The SMILES string of the molecule is NC(=NC(=O)c1cnc(N2CCCC2)cn1)C1(c2ccc(-c3cnc(N)nc3)cc2)CCC1. The van der Waals surface area contributed by atoms with Crippen molar-refractivity contribution in [3.05, 3.63) is 60.3 Å². The van der Waals surface area contributed by atoms with E-state index < -0.39 is 11.3 Å². The van der Waals surface area contributed by atoms with Gasteiger partial charge in [0, 0.05) is 31.0 Å². The minimum Gasteiger partial charge on any atom is -0.386 e. The summed E-state index contributed by atoms with van der Waals surface area (Å²) in [5.74, 6) is 0.901. The van der Waals surface area contributed by atoms with Gasteiger partial charge in [-0.3, -0.25) is 4.79 Å². The van der Waals surface area contributed by atoms with Crippen molar-refractivity contribution in [1.29, 1.82) is 0 Å². The van der Waals surface area contributed by atoms with Crippen molar-refractivity contribution in [2.75, 3.05) is 23.7 Å². The molecule has 33 heavy (non-hydrogen) atoms. The van der Waals surface area contributed by atoms with Crippen LogP contribution in [0.15, 0.2) is 54.0 Å². The molecular formula is C24H26N8O. The summed E-state index contributed by atoms with van der Waals surface area (Å²) in [6.45, 7) is 1.94. The predicted molar refractivity (Wildman–Crippen MR) is 127 cm³/mol. The van der Waals surface area contributed by atoms with Gasteiger partial charge in [-0.1, -0.05) is 30.7 Å². The van der Waals surface area contributed by atoms with Gasteiger partial charge in [0.1, 0.15) is 17.3 Å². The molecule has 2 fully saturated rings. The van der Waals surface area contributed by atoms with Crippen molar-refractivity contribution in [3.63, 3.8) is 0 Å². The van der Waals surface area contributed by atoms with Gasteiger partial charge in [-0.15, -0.1) is 0 Å². The number of amidine groups is 1. The first kappa shape index (κ1) is 21.0. The maximum Gasteiger partial charge on any atom is 0.298 e. The maximum absolute atomic E-state index is 12.8. The van der Waals surface area contributed by atoms with Gasteiger partial charge in [0.15, 0.2) is 0 Å². The van der Waals surface area contributed by atoms with E-state index in [4.69, 9.17) is 11.5 Å². The fourth-order valence-electron chi connectivity index (χ4n) is 4.51. The highest BCUT2D eigenvalue weighted by Crippen LogP contribution is 2.44. The first-order valence-electron chi connectivity index (χ1n) is 11.2. The molecule has 1 amide bonds. The summed E-state index contributed by atoms with van der Waals surface area (Å²) < 4.78 is 0. The van der Waals surface area contributed by atoms with Crippen molar-refractivity contribution in [2.45, 2.75) is 37.5 Å². The topological polar surface area (TPSA) is 136 Å².